The predicted octanol–water partition coefficient (Wildman–Crippen LogP) is 3.43. The van der Waals surface area contributed by atoms with Crippen molar-refractivity contribution < 1.29 is 4.79 Å². The molecule has 0 bridgehead atoms. The van der Waals surface area contributed by atoms with Crippen molar-refractivity contribution in [1.29, 1.82) is 0 Å². The molecule has 1 amide bonds. The second-order valence-corrected chi connectivity index (χ2v) is 7.14. The maximum absolute atomic E-state index is 12.2. The fourth-order valence-corrected chi connectivity index (χ4v) is 3.55. The summed E-state index contributed by atoms with van der Waals surface area (Å²) in [6, 6.07) is 6.27. The molecule has 2 aromatic rings. The molecule has 0 spiro atoms. The first-order chi connectivity index (χ1) is 12.8. The van der Waals surface area contributed by atoms with Gasteiger partial charge in [-0.25, -0.2) is 4.98 Å². The van der Waals surface area contributed by atoms with Crippen molar-refractivity contribution in [2.75, 3.05) is 26.2 Å². The van der Waals surface area contributed by atoms with Crippen LogP contribution in [0, 0.1) is 0 Å². The summed E-state index contributed by atoms with van der Waals surface area (Å²) in [7, 11) is 0. The first-order valence-corrected chi connectivity index (χ1v) is 9.98. The SMILES string of the molecule is Cl.Cl.O=C(NCCCCNCCNC1CCCCC1)c1ccc2nc[nH]c2c1. The average Bonchev–Trinajstić information content (AvgIpc) is 3.15. The first kappa shape index (κ1) is 24.7. The number of hydrogen-bond acceptors (Lipinski definition) is 4. The van der Waals surface area contributed by atoms with Gasteiger partial charge in [-0.15, -0.1) is 24.8 Å². The monoisotopic (exact) mass is 429 g/mol. The van der Waals surface area contributed by atoms with E-state index >= 15 is 0 Å². The molecule has 1 aromatic carbocycles. The third kappa shape index (κ3) is 7.95. The molecule has 0 atom stereocenters. The van der Waals surface area contributed by atoms with Gasteiger partial charge in [0.2, 0.25) is 0 Å². The molecule has 3 rings (SSSR count). The molecule has 0 saturated heterocycles. The van der Waals surface area contributed by atoms with Gasteiger partial charge in [0.25, 0.3) is 5.91 Å². The van der Waals surface area contributed by atoms with Crippen molar-refractivity contribution in [3.63, 3.8) is 0 Å². The highest BCUT2D eigenvalue weighted by Crippen LogP contribution is 2.16. The molecule has 0 aliphatic heterocycles. The normalized spacial score (nSPS) is 14.3. The lowest BCUT2D eigenvalue weighted by Crippen LogP contribution is -2.36. The number of rotatable bonds is 10. The van der Waals surface area contributed by atoms with Crippen LogP contribution in [0.4, 0.5) is 0 Å². The number of amides is 1. The Labute approximate surface area is 179 Å². The second kappa shape index (κ2) is 13.8. The molecule has 0 radical (unpaired) electrons. The van der Waals surface area contributed by atoms with E-state index in [1.165, 1.54) is 32.1 Å². The minimum Gasteiger partial charge on any atom is -0.352 e. The number of H-pyrrole nitrogens is 1. The molecular weight excluding hydrogens is 397 g/mol. The summed E-state index contributed by atoms with van der Waals surface area (Å²) in [5.41, 5.74) is 2.45. The molecule has 8 heteroatoms. The Kier molecular flexibility index (Phi) is 12.1. The van der Waals surface area contributed by atoms with Crippen LogP contribution in [0.25, 0.3) is 11.0 Å². The number of halogens is 2. The zero-order valence-corrected chi connectivity index (χ0v) is 18.0. The Hall–Kier alpha value is -1.34. The van der Waals surface area contributed by atoms with Crippen LogP contribution in [0.15, 0.2) is 24.5 Å². The van der Waals surface area contributed by atoms with Crippen molar-refractivity contribution >= 4 is 41.8 Å². The number of imidazole rings is 1. The number of benzene rings is 1. The standard InChI is InChI=1S/C20H31N5O.2ClH/c26-20(16-8-9-18-19(14-16)25-15-24-18)23-11-5-4-10-21-12-13-22-17-6-2-1-3-7-17;;/h8-9,14-15,17,21-22H,1-7,10-13H2,(H,23,26)(H,24,25);2*1H. The van der Waals surface area contributed by atoms with E-state index in [9.17, 15) is 4.79 Å². The highest BCUT2D eigenvalue weighted by molar-refractivity contribution is 5.97. The second-order valence-electron chi connectivity index (χ2n) is 7.14. The van der Waals surface area contributed by atoms with Crippen LogP contribution in [0.3, 0.4) is 0 Å². The number of carbonyl (C=O) groups is 1. The van der Waals surface area contributed by atoms with Gasteiger partial charge in [0.1, 0.15) is 0 Å². The van der Waals surface area contributed by atoms with E-state index in [1.807, 2.05) is 18.2 Å². The van der Waals surface area contributed by atoms with Gasteiger partial charge in [0.05, 0.1) is 17.4 Å². The fourth-order valence-electron chi connectivity index (χ4n) is 3.55. The van der Waals surface area contributed by atoms with Crippen LogP contribution in [-0.4, -0.2) is 48.1 Å². The molecule has 28 heavy (non-hydrogen) atoms. The lowest BCUT2D eigenvalue weighted by Gasteiger charge is -2.22. The van der Waals surface area contributed by atoms with Gasteiger partial charge >= 0.3 is 0 Å². The topological polar surface area (TPSA) is 81.8 Å². The quantitative estimate of drug-likeness (QED) is 0.436. The highest BCUT2D eigenvalue weighted by atomic mass is 35.5. The Bertz CT molecular complexity index is 688. The number of aromatic nitrogens is 2. The highest BCUT2D eigenvalue weighted by Gasteiger charge is 2.11. The fraction of sp³-hybridized carbons (Fsp3) is 0.600. The average molecular weight is 430 g/mol. The van der Waals surface area contributed by atoms with E-state index < -0.39 is 0 Å². The van der Waals surface area contributed by atoms with Crippen LogP contribution >= 0.6 is 24.8 Å². The molecule has 4 N–H and O–H groups in total. The Morgan fingerprint density at radius 3 is 2.64 bits per heavy atom. The zero-order chi connectivity index (χ0) is 18.0. The first-order valence-electron chi connectivity index (χ1n) is 9.98. The van der Waals surface area contributed by atoms with Crippen LogP contribution in [0.1, 0.15) is 55.3 Å². The lowest BCUT2D eigenvalue weighted by molar-refractivity contribution is 0.0953. The van der Waals surface area contributed by atoms with E-state index in [4.69, 9.17) is 0 Å². The number of nitrogens with zero attached hydrogens (tertiary/aromatic N) is 1. The number of hydrogen-bond donors (Lipinski definition) is 4. The van der Waals surface area contributed by atoms with Gasteiger partial charge < -0.3 is 20.9 Å². The number of nitrogens with one attached hydrogen (secondary N) is 4. The third-order valence-corrected chi connectivity index (χ3v) is 5.09. The van der Waals surface area contributed by atoms with E-state index in [-0.39, 0.29) is 30.7 Å². The van der Waals surface area contributed by atoms with Crippen molar-refractivity contribution in [1.82, 2.24) is 25.9 Å². The summed E-state index contributed by atoms with van der Waals surface area (Å²) < 4.78 is 0. The molecular formula is C20H33Cl2N5O. The van der Waals surface area contributed by atoms with Crippen molar-refractivity contribution in [2.24, 2.45) is 0 Å². The molecule has 0 unspecified atom stereocenters. The van der Waals surface area contributed by atoms with Gasteiger partial charge in [-0.3, -0.25) is 4.79 Å². The summed E-state index contributed by atoms with van der Waals surface area (Å²) in [6.07, 6.45) is 10.6. The molecule has 1 aromatic heterocycles. The Morgan fingerprint density at radius 2 is 1.82 bits per heavy atom. The summed E-state index contributed by atoms with van der Waals surface area (Å²) in [4.78, 5) is 19.4. The molecule has 1 saturated carbocycles. The van der Waals surface area contributed by atoms with Crippen LogP contribution < -0.4 is 16.0 Å². The maximum Gasteiger partial charge on any atom is 0.251 e. The third-order valence-electron chi connectivity index (χ3n) is 5.09. The Balaban J connectivity index is 0.00000196. The van der Waals surface area contributed by atoms with Gasteiger partial charge in [-0.1, -0.05) is 19.3 Å². The summed E-state index contributed by atoms with van der Waals surface area (Å²) in [5, 5.41) is 10.1. The number of fused-ring (bicyclic) bond motifs is 1. The van der Waals surface area contributed by atoms with Gasteiger partial charge in [0.15, 0.2) is 0 Å². The summed E-state index contributed by atoms with van der Waals surface area (Å²) in [6.45, 7) is 3.79. The van der Waals surface area contributed by atoms with Gasteiger partial charge in [-0.05, 0) is 50.4 Å². The lowest BCUT2D eigenvalue weighted by atomic mass is 9.95. The minimum atomic E-state index is -0.0221. The van der Waals surface area contributed by atoms with E-state index in [0.29, 0.717) is 12.1 Å². The predicted molar refractivity (Wildman–Crippen MR) is 120 cm³/mol. The van der Waals surface area contributed by atoms with Gasteiger partial charge in [-0.2, -0.15) is 0 Å². The van der Waals surface area contributed by atoms with E-state index in [0.717, 1.165) is 49.6 Å². The number of carbonyl (C=O) groups excluding carboxylic acids is 1. The van der Waals surface area contributed by atoms with Crippen molar-refractivity contribution in [3.8, 4) is 0 Å². The molecule has 158 valence electrons. The van der Waals surface area contributed by atoms with Crippen molar-refractivity contribution in [2.45, 2.75) is 51.0 Å². The van der Waals surface area contributed by atoms with Crippen LogP contribution in [0.5, 0.6) is 0 Å². The van der Waals surface area contributed by atoms with Crippen LogP contribution in [-0.2, 0) is 0 Å². The smallest absolute Gasteiger partial charge is 0.251 e. The van der Waals surface area contributed by atoms with Crippen LogP contribution in [0.2, 0.25) is 0 Å². The minimum absolute atomic E-state index is 0. The maximum atomic E-state index is 12.2. The largest absolute Gasteiger partial charge is 0.352 e. The van der Waals surface area contributed by atoms with Gasteiger partial charge in [0, 0.05) is 31.2 Å². The molecule has 6 nitrogen and oxygen atoms in total. The summed E-state index contributed by atoms with van der Waals surface area (Å²) >= 11 is 0. The molecule has 1 aliphatic rings. The summed E-state index contributed by atoms with van der Waals surface area (Å²) in [5.74, 6) is -0.0221. The van der Waals surface area contributed by atoms with E-state index in [2.05, 4.69) is 25.9 Å². The zero-order valence-electron chi connectivity index (χ0n) is 16.3. The number of aromatic amines is 1. The van der Waals surface area contributed by atoms with Crippen molar-refractivity contribution in [3.05, 3.63) is 30.1 Å². The Morgan fingerprint density at radius 1 is 1.04 bits per heavy atom. The molecule has 1 aliphatic carbocycles. The molecule has 1 heterocycles. The van der Waals surface area contributed by atoms with E-state index in [1.54, 1.807) is 6.33 Å². The molecule has 1 fully saturated rings. The number of unbranched alkanes of at least 4 members (excludes halogenated alkanes) is 1.